The lowest BCUT2D eigenvalue weighted by Gasteiger charge is -2.18. The molecule has 0 rings (SSSR count). The van der Waals surface area contributed by atoms with Gasteiger partial charge in [-0.1, -0.05) is 226 Å². The highest BCUT2D eigenvalue weighted by molar-refractivity contribution is 5.71. The van der Waals surface area contributed by atoms with Crippen molar-refractivity contribution in [2.24, 2.45) is 0 Å². The van der Waals surface area contributed by atoms with E-state index in [1.165, 1.54) is 173 Å². The lowest BCUT2D eigenvalue weighted by molar-refractivity contribution is -0.167. The van der Waals surface area contributed by atoms with Crippen molar-refractivity contribution in [1.29, 1.82) is 0 Å². The third-order valence-corrected chi connectivity index (χ3v) is 11.3. The zero-order chi connectivity index (χ0) is 41.5. The first-order valence-electron chi connectivity index (χ1n) is 25.2. The van der Waals surface area contributed by atoms with Crippen molar-refractivity contribution in [2.45, 2.75) is 284 Å². The predicted octanol–water partition coefficient (Wildman–Crippen LogP) is 16.2. The van der Waals surface area contributed by atoms with E-state index >= 15 is 0 Å². The van der Waals surface area contributed by atoms with Gasteiger partial charge >= 0.3 is 17.9 Å². The van der Waals surface area contributed by atoms with Crippen LogP contribution in [0.1, 0.15) is 278 Å². The summed E-state index contributed by atoms with van der Waals surface area (Å²) in [5, 5.41) is 0. The van der Waals surface area contributed by atoms with Crippen LogP contribution in [0, 0.1) is 0 Å². The Balaban J connectivity index is 4.18. The Kier molecular flexibility index (Phi) is 45.3. The van der Waals surface area contributed by atoms with Gasteiger partial charge in [-0.3, -0.25) is 14.4 Å². The molecule has 0 aliphatic carbocycles. The van der Waals surface area contributed by atoms with Crippen molar-refractivity contribution in [2.75, 3.05) is 13.2 Å². The molecule has 0 amide bonds. The summed E-state index contributed by atoms with van der Waals surface area (Å²) >= 11 is 0. The fourth-order valence-electron chi connectivity index (χ4n) is 7.44. The molecule has 0 aliphatic rings. The van der Waals surface area contributed by atoms with Gasteiger partial charge in [0.2, 0.25) is 0 Å². The van der Waals surface area contributed by atoms with Gasteiger partial charge in [-0.25, -0.2) is 0 Å². The number of carbonyl (C=O) groups is 3. The maximum atomic E-state index is 12.7. The topological polar surface area (TPSA) is 78.9 Å². The Bertz CT molecular complexity index is 885. The van der Waals surface area contributed by atoms with Crippen LogP contribution in [-0.2, 0) is 28.6 Å². The van der Waals surface area contributed by atoms with Gasteiger partial charge in [0, 0.05) is 19.3 Å². The Morgan fingerprint density at radius 2 is 0.579 bits per heavy atom. The molecule has 6 nitrogen and oxygen atoms in total. The molecule has 0 saturated carbocycles. The molecule has 336 valence electrons. The smallest absolute Gasteiger partial charge is 0.306 e. The van der Waals surface area contributed by atoms with Crippen LogP contribution in [0.2, 0.25) is 0 Å². The monoisotopic (exact) mass is 805 g/mol. The fraction of sp³-hybridized carbons (Fsp3) is 0.902. The van der Waals surface area contributed by atoms with Gasteiger partial charge in [0.1, 0.15) is 13.2 Å². The van der Waals surface area contributed by atoms with Crippen LogP contribution in [0.5, 0.6) is 0 Å². The minimum atomic E-state index is -0.765. The average Bonchev–Trinajstić information content (AvgIpc) is 3.21. The summed E-state index contributed by atoms with van der Waals surface area (Å²) in [6.45, 7) is 6.60. The minimum absolute atomic E-state index is 0.0692. The van der Waals surface area contributed by atoms with E-state index in [0.29, 0.717) is 19.3 Å². The maximum absolute atomic E-state index is 12.7. The van der Waals surface area contributed by atoms with Gasteiger partial charge in [-0.15, -0.1) is 0 Å². The maximum Gasteiger partial charge on any atom is 0.306 e. The second kappa shape index (κ2) is 46.8. The molecule has 0 saturated heterocycles. The molecule has 6 heteroatoms. The molecule has 0 fully saturated rings. The minimum Gasteiger partial charge on any atom is -0.462 e. The van der Waals surface area contributed by atoms with Gasteiger partial charge in [-0.05, 0) is 44.9 Å². The van der Waals surface area contributed by atoms with E-state index in [-0.39, 0.29) is 31.1 Å². The van der Waals surface area contributed by atoms with Crippen LogP contribution in [-0.4, -0.2) is 37.2 Å². The normalized spacial score (nSPS) is 12.0. The van der Waals surface area contributed by atoms with Crippen LogP contribution >= 0.6 is 0 Å². The molecule has 0 aliphatic heterocycles. The number of rotatable bonds is 46. The second-order valence-electron chi connectivity index (χ2n) is 17.1. The van der Waals surface area contributed by atoms with Crippen LogP contribution in [0.4, 0.5) is 0 Å². The van der Waals surface area contributed by atoms with Gasteiger partial charge in [-0.2, -0.15) is 0 Å². The second-order valence-corrected chi connectivity index (χ2v) is 17.1. The molecule has 1 atom stereocenters. The van der Waals surface area contributed by atoms with Crippen molar-refractivity contribution in [1.82, 2.24) is 0 Å². The summed E-state index contributed by atoms with van der Waals surface area (Å²) in [4.78, 5) is 37.7. The van der Waals surface area contributed by atoms with Crippen LogP contribution in [0.3, 0.4) is 0 Å². The molecular weight excluding hydrogens is 709 g/mol. The van der Waals surface area contributed by atoms with Crippen molar-refractivity contribution in [3.05, 3.63) is 12.2 Å². The summed E-state index contributed by atoms with van der Waals surface area (Å²) in [6, 6.07) is 0. The van der Waals surface area contributed by atoms with Crippen LogP contribution in [0.25, 0.3) is 0 Å². The van der Waals surface area contributed by atoms with E-state index in [1.54, 1.807) is 0 Å². The lowest BCUT2D eigenvalue weighted by atomic mass is 10.0. The number of hydrogen-bond donors (Lipinski definition) is 0. The quantitative estimate of drug-likeness (QED) is 0.0264. The van der Waals surface area contributed by atoms with E-state index in [0.717, 1.165) is 64.2 Å². The predicted molar refractivity (Wildman–Crippen MR) is 243 cm³/mol. The molecular formula is C51H96O6. The van der Waals surface area contributed by atoms with Gasteiger partial charge in [0.05, 0.1) is 0 Å². The summed E-state index contributed by atoms with van der Waals surface area (Å²) in [6.07, 6.45) is 50.8. The van der Waals surface area contributed by atoms with Crippen LogP contribution < -0.4 is 0 Å². The first-order valence-corrected chi connectivity index (χ1v) is 25.2. The zero-order valence-electron chi connectivity index (χ0n) is 38.4. The first-order chi connectivity index (χ1) is 28.0. The SMILES string of the molecule is CCCCCCCC/C=C\CCCCCCCC(=O)OC(COC(=O)CCCCCCCC)COC(=O)CCCCCCCCCCCCCCCCCCCC. The molecule has 0 aromatic heterocycles. The number of hydrogen-bond acceptors (Lipinski definition) is 6. The van der Waals surface area contributed by atoms with E-state index in [4.69, 9.17) is 14.2 Å². The highest BCUT2D eigenvalue weighted by Crippen LogP contribution is 2.16. The summed E-state index contributed by atoms with van der Waals surface area (Å²) in [7, 11) is 0. The van der Waals surface area contributed by atoms with Gasteiger partial charge in [0.15, 0.2) is 6.10 Å². The molecule has 0 radical (unpaired) electrons. The molecule has 0 aromatic carbocycles. The van der Waals surface area contributed by atoms with Crippen LogP contribution in [0.15, 0.2) is 12.2 Å². The average molecular weight is 805 g/mol. The van der Waals surface area contributed by atoms with E-state index in [9.17, 15) is 14.4 Å². The fourth-order valence-corrected chi connectivity index (χ4v) is 7.44. The number of carbonyl (C=O) groups excluding carboxylic acids is 3. The largest absolute Gasteiger partial charge is 0.462 e. The third-order valence-electron chi connectivity index (χ3n) is 11.3. The Morgan fingerprint density at radius 3 is 0.877 bits per heavy atom. The molecule has 0 bridgehead atoms. The van der Waals surface area contributed by atoms with E-state index in [1.807, 2.05) is 0 Å². The Morgan fingerprint density at radius 1 is 0.333 bits per heavy atom. The summed E-state index contributed by atoms with van der Waals surface area (Å²) in [5.74, 6) is -0.874. The number of ether oxygens (including phenoxy) is 3. The van der Waals surface area contributed by atoms with Crippen molar-refractivity contribution in [3.63, 3.8) is 0 Å². The Hall–Kier alpha value is -1.85. The highest BCUT2D eigenvalue weighted by Gasteiger charge is 2.19. The van der Waals surface area contributed by atoms with Gasteiger partial charge < -0.3 is 14.2 Å². The van der Waals surface area contributed by atoms with Crippen molar-refractivity contribution in [3.8, 4) is 0 Å². The highest BCUT2D eigenvalue weighted by atomic mass is 16.6. The number of allylic oxidation sites excluding steroid dienone is 2. The molecule has 57 heavy (non-hydrogen) atoms. The number of esters is 3. The molecule has 0 aromatic rings. The first kappa shape index (κ1) is 55.2. The number of unbranched alkanes of at least 4 members (excludes halogenated alkanes) is 33. The third kappa shape index (κ3) is 45.1. The van der Waals surface area contributed by atoms with Crippen molar-refractivity contribution < 1.29 is 28.6 Å². The molecule has 0 N–H and O–H groups in total. The standard InChI is InChI=1S/C51H96O6/c1-4-7-10-13-16-18-20-22-24-25-26-28-29-31-33-35-38-41-44-50(53)56-47-48(46-55-49(52)43-40-37-15-12-9-6-3)57-51(54)45-42-39-36-34-32-30-27-23-21-19-17-14-11-8-5-2/h23,27,48H,4-22,24-26,28-47H2,1-3H3/b27-23-. The van der Waals surface area contributed by atoms with Crippen molar-refractivity contribution >= 4 is 17.9 Å². The Labute approximate surface area is 354 Å². The lowest BCUT2D eigenvalue weighted by Crippen LogP contribution is -2.30. The zero-order valence-corrected chi connectivity index (χ0v) is 38.4. The molecule has 0 heterocycles. The summed E-state index contributed by atoms with van der Waals surface area (Å²) < 4.78 is 16.7. The van der Waals surface area contributed by atoms with E-state index < -0.39 is 6.10 Å². The molecule has 1 unspecified atom stereocenters. The molecule has 0 spiro atoms. The summed E-state index contributed by atoms with van der Waals surface area (Å²) in [5.41, 5.74) is 0. The van der Waals surface area contributed by atoms with E-state index in [2.05, 4.69) is 32.9 Å². The van der Waals surface area contributed by atoms with Gasteiger partial charge in [0.25, 0.3) is 0 Å².